The minimum atomic E-state index is -0.470. The third-order valence-electron chi connectivity index (χ3n) is 11.9. The van der Waals surface area contributed by atoms with Gasteiger partial charge in [0.1, 0.15) is 6.10 Å². The maximum absolute atomic E-state index is 13.2. The highest BCUT2D eigenvalue weighted by molar-refractivity contribution is 5.76. The molecule has 0 aliphatic carbocycles. The van der Waals surface area contributed by atoms with Crippen LogP contribution in [0.4, 0.5) is 0 Å². The summed E-state index contributed by atoms with van der Waals surface area (Å²) in [6, 6.07) is 0. The molecule has 0 N–H and O–H groups in total. The van der Waals surface area contributed by atoms with E-state index in [1.807, 2.05) is 41.8 Å². The van der Waals surface area contributed by atoms with E-state index in [0.717, 1.165) is 109 Å². The summed E-state index contributed by atoms with van der Waals surface area (Å²) in [5.41, 5.74) is -0.923. The average molecular weight is 808 g/mol. The van der Waals surface area contributed by atoms with Gasteiger partial charge in [-0.3, -0.25) is 14.4 Å². The molecule has 0 amide bonds. The van der Waals surface area contributed by atoms with Gasteiger partial charge in [-0.05, 0) is 118 Å². The number of hydrogen-bond donors (Lipinski definition) is 0. The Bertz CT molecular complexity index is 962. The van der Waals surface area contributed by atoms with Gasteiger partial charge in [-0.1, -0.05) is 149 Å². The fraction of sp³-hybridized carbons (Fsp3) is 0.940. The van der Waals surface area contributed by atoms with Crippen LogP contribution in [-0.2, 0) is 28.6 Å². The normalized spacial score (nSPS) is 13.2. The lowest BCUT2D eigenvalue weighted by Crippen LogP contribution is -2.28. The first-order valence-electron chi connectivity index (χ1n) is 24.5. The predicted molar refractivity (Wildman–Crippen MR) is 242 cm³/mol. The van der Waals surface area contributed by atoms with E-state index in [0.29, 0.717) is 25.6 Å². The fourth-order valence-electron chi connectivity index (χ4n) is 7.67. The smallest absolute Gasteiger partial charge is 0.311 e. The summed E-state index contributed by atoms with van der Waals surface area (Å²) >= 11 is 0. The summed E-state index contributed by atoms with van der Waals surface area (Å²) in [7, 11) is 4.06. The van der Waals surface area contributed by atoms with Crippen molar-refractivity contribution in [3.63, 3.8) is 0 Å². The molecule has 0 heterocycles. The Hall–Kier alpha value is -1.63. The van der Waals surface area contributed by atoms with Crippen molar-refractivity contribution in [3.8, 4) is 0 Å². The molecule has 7 heteroatoms. The zero-order chi connectivity index (χ0) is 42.6. The lowest BCUT2D eigenvalue weighted by Gasteiger charge is -2.25. The molecule has 0 aromatic rings. The maximum Gasteiger partial charge on any atom is 0.311 e. The quantitative estimate of drug-likeness (QED) is 0.0346. The SMILES string of the molecule is CCCCCCCCCOC(=O)C(C)(C)CCCCCCC(CCCCCCC(C)(C)C(=O)OCC(CCCCC)CCCCCCC)OC(=O)CCCN(C)C. The Morgan fingerprint density at radius 1 is 0.491 bits per heavy atom. The van der Waals surface area contributed by atoms with E-state index < -0.39 is 10.8 Å². The van der Waals surface area contributed by atoms with Crippen molar-refractivity contribution in [2.75, 3.05) is 33.9 Å². The Balaban J connectivity index is 4.65. The van der Waals surface area contributed by atoms with Gasteiger partial charge in [0.05, 0.1) is 24.0 Å². The highest BCUT2D eigenvalue weighted by atomic mass is 16.5. The van der Waals surface area contributed by atoms with E-state index in [9.17, 15) is 14.4 Å². The molecule has 0 saturated heterocycles. The number of esters is 3. The molecule has 0 fully saturated rings. The molecule has 2 unspecified atom stereocenters. The van der Waals surface area contributed by atoms with Crippen LogP contribution in [0.3, 0.4) is 0 Å². The molecule has 0 bridgehead atoms. The third-order valence-corrected chi connectivity index (χ3v) is 11.9. The number of rotatable bonds is 41. The predicted octanol–water partition coefficient (Wildman–Crippen LogP) is 14.4. The molecular formula is C50H97NO6. The zero-order valence-corrected chi connectivity index (χ0v) is 39.6. The van der Waals surface area contributed by atoms with Crippen LogP contribution in [-0.4, -0.2) is 62.8 Å². The number of unbranched alkanes of at least 4 members (excludes halogenated alkanes) is 18. The van der Waals surface area contributed by atoms with Gasteiger partial charge in [0.2, 0.25) is 0 Å². The maximum atomic E-state index is 13.2. The van der Waals surface area contributed by atoms with Crippen LogP contribution >= 0.6 is 0 Å². The van der Waals surface area contributed by atoms with Gasteiger partial charge in [-0.2, -0.15) is 0 Å². The zero-order valence-electron chi connectivity index (χ0n) is 39.6. The van der Waals surface area contributed by atoms with Crippen molar-refractivity contribution in [3.05, 3.63) is 0 Å². The highest BCUT2D eigenvalue weighted by Gasteiger charge is 2.30. The van der Waals surface area contributed by atoms with Gasteiger partial charge in [0.25, 0.3) is 0 Å². The summed E-state index contributed by atoms with van der Waals surface area (Å²) in [5, 5.41) is 0. The summed E-state index contributed by atoms with van der Waals surface area (Å²) < 4.78 is 17.7. The van der Waals surface area contributed by atoms with Gasteiger partial charge < -0.3 is 19.1 Å². The molecule has 57 heavy (non-hydrogen) atoms. The van der Waals surface area contributed by atoms with Gasteiger partial charge >= 0.3 is 17.9 Å². The monoisotopic (exact) mass is 808 g/mol. The molecule has 7 nitrogen and oxygen atoms in total. The molecule has 0 spiro atoms. The van der Waals surface area contributed by atoms with Gasteiger partial charge in [0.15, 0.2) is 0 Å². The minimum Gasteiger partial charge on any atom is -0.465 e. The number of ether oxygens (including phenoxy) is 3. The molecule has 0 aromatic carbocycles. The number of carbonyl (C=O) groups is 3. The average Bonchev–Trinajstić information content (AvgIpc) is 3.16. The first kappa shape index (κ1) is 55.4. The molecule has 0 radical (unpaired) electrons. The Morgan fingerprint density at radius 3 is 1.40 bits per heavy atom. The van der Waals surface area contributed by atoms with E-state index in [4.69, 9.17) is 14.2 Å². The summed E-state index contributed by atoms with van der Waals surface area (Å²) in [6.45, 7) is 16.8. The van der Waals surface area contributed by atoms with Crippen LogP contribution in [0, 0.1) is 16.7 Å². The van der Waals surface area contributed by atoms with Crippen LogP contribution in [0.15, 0.2) is 0 Å². The summed E-state index contributed by atoms with van der Waals surface area (Å²) in [6.07, 6.45) is 34.0. The minimum absolute atomic E-state index is 0.0433. The molecule has 0 aliphatic rings. The van der Waals surface area contributed by atoms with E-state index in [1.54, 1.807) is 0 Å². The van der Waals surface area contributed by atoms with Gasteiger partial charge in [0, 0.05) is 6.42 Å². The van der Waals surface area contributed by atoms with E-state index in [-0.39, 0.29) is 24.0 Å². The van der Waals surface area contributed by atoms with Crippen LogP contribution in [0.2, 0.25) is 0 Å². The van der Waals surface area contributed by atoms with Crippen LogP contribution in [0.1, 0.15) is 248 Å². The molecule has 0 aromatic heterocycles. The molecule has 0 saturated carbocycles. The van der Waals surface area contributed by atoms with Crippen LogP contribution < -0.4 is 0 Å². The largest absolute Gasteiger partial charge is 0.465 e. The Labute approximate surface area is 354 Å². The highest BCUT2D eigenvalue weighted by Crippen LogP contribution is 2.29. The lowest BCUT2D eigenvalue weighted by atomic mass is 9.86. The standard InChI is InChI=1S/C50H97NO6/c1-10-13-16-18-19-25-32-42-55-47(53)49(4,5)39-30-23-21-28-36-45(57-46(52)38-33-41-51(8)9)37-29-22-24-31-40-50(6,7)48(54)56-43-44(34-26-15-12-3)35-27-20-17-14-11-2/h44-45H,10-43H2,1-9H3. The number of carbonyl (C=O) groups excluding carboxylic acids is 3. The summed E-state index contributed by atoms with van der Waals surface area (Å²) in [5.74, 6) is 0.295. The number of nitrogens with zero attached hydrogens (tertiary/aromatic N) is 1. The van der Waals surface area contributed by atoms with Crippen molar-refractivity contribution in [2.45, 2.75) is 254 Å². The second-order valence-corrected chi connectivity index (χ2v) is 19.1. The van der Waals surface area contributed by atoms with Gasteiger partial charge in [-0.25, -0.2) is 0 Å². The lowest BCUT2D eigenvalue weighted by molar-refractivity contribution is -0.156. The topological polar surface area (TPSA) is 82.1 Å². The first-order valence-corrected chi connectivity index (χ1v) is 24.5. The molecular weight excluding hydrogens is 711 g/mol. The van der Waals surface area contributed by atoms with Crippen molar-refractivity contribution in [2.24, 2.45) is 16.7 Å². The molecule has 338 valence electrons. The first-order chi connectivity index (χ1) is 27.3. The second-order valence-electron chi connectivity index (χ2n) is 19.1. The van der Waals surface area contributed by atoms with Crippen molar-refractivity contribution in [1.29, 1.82) is 0 Å². The van der Waals surface area contributed by atoms with E-state index in [1.165, 1.54) is 89.9 Å². The van der Waals surface area contributed by atoms with Crippen molar-refractivity contribution < 1.29 is 28.6 Å². The fourth-order valence-corrected chi connectivity index (χ4v) is 7.67. The second kappa shape index (κ2) is 36.2. The third kappa shape index (κ3) is 32.9. The van der Waals surface area contributed by atoms with Crippen LogP contribution in [0.5, 0.6) is 0 Å². The van der Waals surface area contributed by atoms with Gasteiger partial charge in [-0.15, -0.1) is 0 Å². The van der Waals surface area contributed by atoms with Crippen LogP contribution in [0.25, 0.3) is 0 Å². The Kier molecular flexibility index (Phi) is 35.2. The molecule has 0 rings (SSSR count). The van der Waals surface area contributed by atoms with E-state index in [2.05, 4.69) is 25.7 Å². The van der Waals surface area contributed by atoms with E-state index >= 15 is 0 Å². The number of hydrogen-bond acceptors (Lipinski definition) is 7. The van der Waals surface area contributed by atoms with Crippen molar-refractivity contribution >= 4 is 17.9 Å². The molecule has 2 atom stereocenters. The molecule has 0 aliphatic heterocycles. The van der Waals surface area contributed by atoms with Crippen molar-refractivity contribution in [1.82, 2.24) is 4.90 Å². The summed E-state index contributed by atoms with van der Waals surface area (Å²) in [4.78, 5) is 40.8. The Morgan fingerprint density at radius 2 is 0.895 bits per heavy atom.